The number of allylic oxidation sites excluding steroid dienone is 1. The summed E-state index contributed by atoms with van der Waals surface area (Å²) in [4.78, 5) is 12.1. The van der Waals surface area contributed by atoms with Gasteiger partial charge in [0.05, 0.1) is 12.0 Å². The first kappa shape index (κ1) is 17.4. The lowest BCUT2D eigenvalue weighted by Gasteiger charge is -2.45. The van der Waals surface area contributed by atoms with Gasteiger partial charge >= 0.3 is 5.97 Å². The van der Waals surface area contributed by atoms with E-state index in [1.807, 2.05) is 26.0 Å². The second-order valence-corrected chi connectivity index (χ2v) is 12.2. The van der Waals surface area contributed by atoms with Crippen LogP contribution in [0.15, 0.2) is 12.2 Å². The Kier molecular flexibility index (Phi) is 5.25. The molecule has 0 aromatic heterocycles. The van der Waals surface area contributed by atoms with E-state index in [9.17, 15) is 4.79 Å². The third kappa shape index (κ3) is 3.53. The zero-order chi connectivity index (χ0) is 15.7. The smallest absolute Gasteiger partial charge is 0.311 e. The van der Waals surface area contributed by atoms with Gasteiger partial charge in [-0.3, -0.25) is 4.79 Å². The van der Waals surface area contributed by atoms with Crippen molar-refractivity contribution in [1.29, 1.82) is 0 Å². The molecule has 1 aliphatic rings. The van der Waals surface area contributed by atoms with Gasteiger partial charge in [-0.2, -0.15) is 0 Å². The fourth-order valence-corrected chi connectivity index (χ4v) is 3.71. The summed E-state index contributed by atoms with van der Waals surface area (Å²) in [5.41, 5.74) is 0. The van der Waals surface area contributed by atoms with Crippen LogP contribution in [0, 0.1) is 11.8 Å². The number of hydrogen-bond donors (Lipinski definition) is 0. The minimum Gasteiger partial charge on any atom is -0.457 e. The summed E-state index contributed by atoms with van der Waals surface area (Å²) in [6.07, 6.45) is 3.67. The van der Waals surface area contributed by atoms with Crippen LogP contribution >= 0.6 is 0 Å². The molecule has 0 aromatic carbocycles. The molecule has 0 unspecified atom stereocenters. The van der Waals surface area contributed by atoms with Gasteiger partial charge in [0.1, 0.15) is 6.10 Å². The lowest BCUT2D eigenvalue weighted by molar-refractivity contribution is -0.171. The van der Waals surface area contributed by atoms with E-state index in [4.69, 9.17) is 9.16 Å². The normalized spacial score (nSPS) is 32.5. The second kappa shape index (κ2) is 6.02. The van der Waals surface area contributed by atoms with Crippen molar-refractivity contribution < 1.29 is 14.0 Å². The van der Waals surface area contributed by atoms with E-state index in [1.165, 1.54) is 0 Å². The molecular formula is C16H30O3Si. The summed E-state index contributed by atoms with van der Waals surface area (Å²) in [5, 5.41) is 0.143. The van der Waals surface area contributed by atoms with Crippen LogP contribution in [0.4, 0.5) is 0 Å². The fraction of sp³-hybridized carbons (Fsp3) is 0.812. The zero-order valence-electron chi connectivity index (χ0n) is 14.2. The van der Waals surface area contributed by atoms with Crippen LogP contribution in [-0.4, -0.2) is 26.5 Å². The highest BCUT2D eigenvalue weighted by Gasteiger charge is 2.47. The molecule has 1 fully saturated rings. The van der Waals surface area contributed by atoms with Gasteiger partial charge in [0.25, 0.3) is 0 Å². The topological polar surface area (TPSA) is 35.5 Å². The molecule has 0 aliphatic carbocycles. The summed E-state index contributed by atoms with van der Waals surface area (Å²) in [6, 6.07) is 0. The van der Waals surface area contributed by atoms with Crippen LogP contribution in [0.2, 0.25) is 18.1 Å². The Morgan fingerprint density at radius 3 is 2.25 bits per heavy atom. The largest absolute Gasteiger partial charge is 0.457 e. The van der Waals surface area contributed by atoms with E-state index < -0.39 is 8.32 Å². The highest BCUT2D eigenvalue weighted by atomic mass is 28.4. The van der Waals surface area contributed by atoms with Crippen LogP contribution in [0.5, 0.6) is 0 Å². The molecule has 0 spiro atoms. The van der Waals surface area contributed by atoms with Gasteiger partial charge in [0.2, 0.25) is 0 Å². The number of hydrogen-bond acceptors (Lipinski definition) is 3. The third-order valence-corrected chi connectivity index (χ3v) is 9.25. The maximum Gasteiger partial charge on any atom is 0.311 e. The number of carbonyl (C=O) groups is 1. The van der Waals surface area contributed by atoms with Crippen LogP contribution in [-0.2, 0) is 14.0 Å². The first-order valence-electron chi connectivity index (χ1n) is 7.52. The summed E-state index contributed by atoms with van der Waals surface area (Å²) < 4.78 is 12.0. The Balaban J connectivity index is 2.98. The van der Waals surface area contributed by atoms with Crippen molar-refractivity contribution in [1.82, 2.24) is 0 Å². The van der Waals surface area contributed by atoms with Crippen molar-refractivity contribution >= 4 is 14.3 Å². The van der Waals surface area contributed by atoms with Crippen molar-refractivity contribution in [2.45, 2.75) is 71.9 Å². The highest BCUT2D eigenvalue weighted by Crippen LogP contribution is 2.41. The Hall–Kier alpha value is -0.613. The Labute approximate surface area is 124 Å². The Morgan fingerprint density at radius 1 is 1.25 bits per heavy atom. The zero-order valence-corrected chi connectivity index (χ0v) is 15.2. The molecule has 116 valence electrons. The SMILES string of the molecule is C/C=C\[C@@H]1OC(=O)[C@H](C)[C@@H](O[Si](C)(C)C(C)(C)C)[C@H]1C. The molecule has 0 amide bonds. The minimum absolute atomic E-state index is 0.0571. The summed E-state index contributed by atoms with van der Waals surface area (Å²) in [5.74, 6) is -0.149. The fourth-order valence-electron chi connectivity index (χ4n) is 2.26. The van der Waals surface area contributed by atoms with E-state index in [-0.39, 0.29) is 35.1 Å². The predicted octanol–water partition coefficient (Wildman–Crippen LogP) is 4.15. The van der Waals surface area contributed by atoms with Gasteiger partial charge in [0, 0.05) is 5.92 Å². The molecule has 1 rings (SSSR count). The average Bonchev–Trinajstić information content (AvgIpc) is 2.30. The van der Waals surface area contributed by atoms with Crippen molar-refractivity contribution in [3.05, 3.63) is 12.2 Å². The number of esters is 1. The van der Waals surface area contributed by atoms with Crippen molar-refractivity contribution in [2.75, 3.05) is 0 Å². The van der Waals surface area contributed by atoms with Crippen molar-refractivity contribution in [2.24, 2.45) is 11.8 Å². The quantitative estimate of drug-likeness (QED) is 0.446. The van der Waals surface area contributed by atoms with Crippen LogP contribution in [0.1, 0.15) is 41.5 Å². The van der Waals surface area contributed by atoms with Gasteiger partial charge in [-0.25, -0.2) is 0 Å². The first-order chi connectivity index (χ1) is 9.01. The molecule has 1 aliphatic heterocycles. The minimum atomic E-state index is -1.89. The molecule has 0 aromatic rings. The summed E-state index contributed by atoms with van der Waals surface area (Å²) >= 11 is 0. The first-order valence-corrected chi connectivity index (χ1v) is 10.4. The summed E-state index contributed by atoms with van der Waals surface area (Å²) in [7, 11) is -1.89. The van der Waals surface area contributed by atoms with Crippen molar-refractivity contribution in [3.63, 3.8) is 0 Å². The van der Waals surface area contributed by atoms with E-state index in [0.717, 1.165) is 0 Å². The highest BCUT2D eigenvalue weighted by molar-refractivity contribution is 6.74. The molecule has 0 saturated carbocycles. The van der Waals surface area contributed by atoms with E-state index >= 15 is 0 Å². The van der Waals surface area contributed by atoms with Gasteiger partial charge < -0.3 is 9.16 Å². The molecule has 0 N–H and O–H groups in total. The molecule has 0 radical (unpaired) electrons. The maximum absolute atomic E-state index is 12.1. The third-order valence-electron chi connectivity index (χ3n) is 4.77. The predicted molar refractivity (Wildman–Crippen MR) is 85.1 cm³/mol. The molecule has 3 nitrogen and oxygen atoms in total. The van der Waals surface area contributed by atoms with E-state index in [2.05, 4.69) is 40.8 Å². The maximum atomic E-state index is 12.1. The van der Waals surface area contributed by atoms with Crippen LogP contribution < -0.4 is 0 Å². The van der Waals surface area contributed by atoms with Gasteiger partial charge in [0.15, 0.2) is 8.32 Å². The second-order valence-electron chi connectivity index (χ2n) is 7.42. The monoisotopic (exact) mass is 298 g/mol. The van der Waals surface area contributed by atoms with Gasteiger partial charge in [-0.05, 0) is 38.1 Å². The van der Waals surface area contributed by atoms with E-state index in [0.29, 0.717) is 0 Å². The lowest BCUT2D eigenvalue weighted by Crippen LogP contribution is -2.53. The molecule has 4 atom stereocenters. The molecule has 20 heavy (non-hydrogen) atoms. The number of cyclic esters (lactones) is 1. The van der Waals surface area contributed by atoms with E-state index in [1.54, 1.807) is 0 Å². The Bertz CT molecular complexity index is 382. The summed E-state index contributed by atoms with van der Waals surface area (Å²) in [6.45, 7) is 17.1. The molecule has 4 heteroatoms. The Morgan fingerprint density at radius 2 is 1.80 bits per heavy atom. The molecular weight excluding hydrogens is 268 g/mol. The molecule has 1 heterocycles. The number of carbonyl (C=O) groups excluding carboxylic acids is 1. The lowest BCUT2D eigenvalue weighted by atomic mass is 9.86. The van der Waals surface area contributed by atoms with Gasteiger partial charge in [-0.15, -0.1) is 0 Å². The van der Waals surface area contributed by atoms with Gasteiger partial charge in [-0.1, -0.05) is 33.8 Å². The average molecular weight is 298 g/mol. The van der Waals surface area contributed by atoms with Crippen molar-refractivity contribution in [3.8, 4) is 0 Å². The molecule has 1 saturated heterocycles. The number of ether oxygens (including phenoxy) is 1. The van der Waals surface area contributed by atoms with Crippen LogP contribution in [0.3, 0.4) is 0 Å². The standard InChI is InChI=1S/C16H30O3Si/c1-9-10-13-11(2)14(12(3)15(17)18-13)19-20(7,8)16(4,5)6/h9-14H,1-8H3/b10-9-/t11-,12+,13-,14-/m0/s1. The molecule has 0 bridgehead atoms. The number of rotatable bonds is 3. The van der Waals surface area contributed by atoms with Crippen LogP contribution in [0.25, 0.3) is 0 Å².